The molecule has 0 aliphatic rings. The van der Waals surface area contributed by atoms with Crippen LogP contribution in [0, 0.1) is 0 Å². The van der Waals surface area contributed by atoms with Crippen molar-refractivity contribution in [3.8, 4) is 52.9 Å². The van der Waals surface area contributed by atoms with Gasteiger partial charge in [0.15, 0.2) is 11.8 Å². The van der Waals surface area contributed by atoms with Crippen LogP contribution < -0.4 is 33.2 Å². The summed E-state index contributed by atoms with van der Waals surface area (Å²) in [6.45, 7) is -0.537. The summed E-state index contributed by atoms with van der Waals surface area (Å²) < 4.78 is 36.2. The number of nitrogens with zero attached hydrogens (tertiary/aromatic N) is 5. The lowest BCUT2D eigenvalue weighted by atomic mass is 10.2. The fraction of sp³-hybridized carbons (Fsp3) is 0.192. The van der Waals surface area contributed by atoms with Crippen LogP contribution in [0.15, 0.2) is 36.4 Å². The van der Waals surface area contributed by atoms with E-state index in [9.17, 15) is 14.7 Å². The number of carboxylic acids is 2. The van der Waals surface area contributed by atoms with Gasteiger partial charge in [-0.05, 0) is 18.2 Å². The molecule has 0 saturated carbocycles. The smallest absolute Gasteiger partial charge is 0.343 e. The molecule has 3 heterocycles. The number of aromatic nitrogens is 5. The van der Waals surface area contributed by atoms with Crippen molar-refractivity contribution < 1.29 is 53.0 Å². The van der Waals surface area contributed by atoms with Crippen molar-refractivity contribution >= 4 is 46.7 Å². The second-order valence-electron chi connectivity index (χ2n) is 7.84. The number of carbonyl (C=O) groups is 2. The summed E-state index contributed by atoms with van der Waals surface area (Å²) in [5.74, 6) is -2.00. The predicted molar refractivity (Wildman–Crippen MR) is 156 cm³/mol. The first-order valence-electron chi connectivity index (χ1n) is 12.0. The summed E-state index contributed by atoms with van der Waals surface area (Å²) in [7, 11) is 5.63. The summed E-state index contributed by atoms with van der Waals surface area (Å²) >= 11 is 16.8. The molecule has 16 nitrogen and oxygen atoms in total. The molecule has 4 rings (SSSR count). The number of halogens is 3. The molecule has 0 spiro atoms. The molecule has 45 heavy (non-hydrogen) atoms. The number of hydrogen-bond donors (Lipinski definition) is 2. The van der Waals surface area contributed by atoms with Crippen LogP contribution in [0.5, 0.6) is 52.9 Å². The highest BCUT2D eigenvalue weighted by molar-refractivity contribution is 6.42. The van der Waals surface area contributed by atoms with Crippen LogP contribution in [0.3, 0.4) is 0 Å². The van der Waals surface area contributed by atoms with E-state index < -0.39 is 18.5 Å². The first-order chi connectivity index (χ1) is 21.5. The molecule has 0 radical (unpaired) electrons. The number of hydrogen-bond acceptors (Lipinski definition) is 14. The van der Waals surface area contributed by atoms with Gasteiger partial charge >= 0.3 is 24.0 Å². The molecule has 0 aliphatic heterocycles. The largest absolute Gasteiger partial charge is 0.481 e. The van der Waals surface area contributed by atoms with E-state index in [2.05, 4.69) is 24.9 Å². The van der Waals surface area contributed by atoms with Gasteiger partial charge in [-0.3, -0.25) is 0 Å². The van der Waals surface area contributed by atoms with E-state index in [4.69, 9.17) is 73.1 Å². The Morgan fingerprint density at radius 2 is 1.13 bits per heavy atom. The summed E-state index contributed by atoms with van der Waals surface area (Å²) in [4.78, 5) is 41.9. The third-order valence-corrected chi connectivity index (χ3v) is 5.89. The van der Waals surface area contributed by atoms with Gasteiger partial charge in [-0.2, -0.15) is 24.9 Å². The lowest BCUT2D eigenvalue weighted by Crippen LogP contribution is -2.10. The fourth-order valence-electron chi connectivity index (χ4n) is 3.03. The first-order valence-corrected chi connectivity index (χ1v) is 13.1. The molecule has 1 aromatic carbocycles. The fourth-order valence-corrected chi connectivity index (χ4v) is 3.57. The first kappa shape index (κ1) is 34.4. The van der Waals surface area contributed by atoms with Gasteiger partial charge in [0.2, 0.25) is 29.4 Å². The van der Waals surface area contributed by atoms with Gasteiger partial charge in [0, 0.05) is 0 Å². The average molecular weight is 687 g/mol. The van der Waals surface area contributed by atoms with Crippen LogP contribution in [0.4, 0.5) is 0 Å². The topological polar surface area (TPSA) is 204 Å². The molecule has 0 fully saturated rings. The minimum absolute atomic E-state index is 0.0106. The number of aliphatic carboxylic acids is 1. The van der Waals surface area contributed by atoms with Gasteiger partial charge in [-0.25, -0.2) is 9.59 Å². The molecule has 0 bridgehead atoms. The van der Waals surface area contributed by atoms with Gasteiger partial charge in [0.05, 0.1) is 45.6 Å². The van der Waals surface area contributed by atoms with Crippen LogP contribution in [0.25, 0.3) is 0 Å². The average Bonchev–Trinajstić information content (AvgIpc) is 3.01. The highest BCUT2D eigenvalue weighted by Gasteiger charge is 2.22. The third-order valence-electron chi connectivity index (χ3n) is 4.95. The second-order valence-corrected chi connectivity index (χ2v) is 9.01. The number of ether oxygens (including phenoxy) is 7. The number of carboxylic acid groups (broad SMARTS) is 2. The molecule has 0 aliphatic carbocycles. The minimum atomic E-state index is -1.32. The number of rotatable bonds is 12. The highest BCUT2D eigenvalue weighted by Crippen LogP contribution is 2.35. The maximum absolute atomic E-state index is 12.0. The summed E-state index contributed by atoms with van der Waals surface area (Å²) in [6.07, 6.45) is 0. The zero-order valence-electron chi connectivity index (χ0n) is 23.6. The van der Waals surface area contributed by atoms with Crippen LogP contribution in [0.2, 0.25) is 15.2 Å². The Hall–Kier alpha value is -5.06. The summed E-state index contributed by atoms with van der Waals surface area (Å²) in [5.41, 5.74) is -0.307. The van der Waals surface area contributed by atoms with Crippen LogP contribution in [-0.2, 0) is 4.79 Å². The van der Waals surface area contributed by atoms with E-state index in [0.717, 1.165) is 0 Å². The number of methoxy groups -OCH3 is 4. The van der Waals surface area contributed by atoms with Crippen LogP contribution in [-0.4, -0.2) is 82.1 Å². The third kappa shape index (κ3) is 9.72. The molecular weight excluding hydrogens is 665 g/mol. The Morgan fingerprint density at radius 1 is 0.689 bits per heavy atom. The zero-order chi connectivity index (χ0) is 33.1. The van der Waals surface area contributed by atoms with E-state index >= 15 is 0 Å². The Morgan fingerprint density at radius 3 is 1.51 bits per heavy atom. The molecule has 0 unspecified atom stereocenters. The van der Waals surface area contributed by atoms with Crippen molar-refractivity contribution in [2.24, 2.45) is 0 Å². The second kappa shape index (κ2) is 16.1. The monoisotopic (exact) mass is 685 g/mol. The van der Waals surface area contributed by atoms with E-state index in [1.807, 2.05) is 0 Å². The van der Waals surface area contributed by atoms with Crippen molar-refractivity contribution in [2.75, 3.05) is 35.0 Å². The van der Waals surface area contributed by atoms with Gasteiger partial charge in [0.1, 0.15) is 22.1 Å². The molecular formula is C26H22Cl3N5O11. The minimum Gasteiger partial charge on any atom is -0.481 e. The molecule has 2 N–H and O–H groups in total. The molecule has 4 aromatic rings. The standard InChI is InChI=1S/C19H18N4O8.C7H4Cl3NO3/c1-26-12-8-13(27-2)21-18(20-12)30-10-6-5-7-11(16(10)17(24)25)31-19-22-14(28-3)9-15(23-19)29-4;8-3-1-4(9)7(11-6(3)10)14-2-5(12)13/h5-9H,1-4H3,(H,24,25);1H,2H2,(H,12,13). The number of benzene rings is 1. The number of pyridine rings is 1. The number of aromatic carboxylic acids is 1. The van der Waals surface area contributed by atoms with Crippen molar-refractivity contribution in [3.63, 3.8) is 0 Å². The van der Waals surface area contributed by atoms with Crippen molar-refractivity contribution in [1.82, 2.24) is 24.9 Å². The molecule has 19 heteroatoms. The van der Waals surface area contributed by atoms with E-state index in [1.165, 1.54) is 64.8 Å². The predicted octanol–water partition coefficient (Wildman–Crippen LogP) is 5.09. The van der Waals surface area contributed by atoms with Crippen LogP contribution >= 0.6 is 34.8 Å². The molecule has 0 amide bonds. The maximum Gasteiger partial charge on any atom is 0.343 e. The SMILES string of the molecule is COc1cc(OC)nc(Oc2cccc(Oc3nc(OC)cc(OC)n3)c2C(=O)O)n1.O=C(O)COc1nc(Cl)c(Cl)cc1Cl. The van der Waals surface area contributed by atoms with Crippen molar-refractivity contribution in [2.45, 2.75) is 0 Å². The van der Waals surface area contributed by atoms with Crippen LogP contribution in [0.1, 0.15) is 10.4 Å². The Balaban J connectivity index is 0.000000330. The normalized spacial score (nSPS) is 10.1. The quantitative estimate of drug-likeness (QED) is 0.186. The van der Waals surface area contributed by atoms with Gasteiger partial charge in [-0.15, -0.1) is 0 Å². The van der Waals surface area contributed by atoms with E-state index in [1.54, 1.807) is 0 Å². The van der Waals surface area contributed by atoms with Crippen molar-refractivity contribution in [3.05, 3.63) is 57.2 Å². The Kier molecular flexibility index (Phi) is 12.3. The molecule has 0 saturated heterocycles. The van der Waals surface area contributed by atoms with E-state index in [-0.39, 0.29) is 73.7 Å². The van der Waals surface area contributed by atoms with Crippen molar-refractivity contribution in [1.29, 1.82) is 0 Å². The van der Waals surface area contributed by atoms with E-state index in [0.29, 0.717) is 0 Å². The molecule has 238 valence electrons. The van der Waals surface area contributed by atoms with Gasteiger partial charge in [-0.1, -0.05) is 40.9 Å². The van der Waals surface area contributed by atoms with Gasteiger partial charge in [0.25, 0.3) is 0 Å². The lowest BCUT2D eigenvalue weighted by Gasteiger charge is -2.13. The Bertz CT molecular complexity index is 1560. The zero-order valence-corrected chi connectivity index (χ0v) is 25.9. The lowest BCUT2D eigenvalue weighted by molar-refractivity contribution is -0.139. The molecule has 0 atom stereocenters. The maximum atomic E-state index is 12.0. The van der Waals surface area contributed by atoms with Gasteiger partial charge < -0.3 is 43.4 Å². The summed E-state index contributed by atoms with van der Waals surface area (Å²) in [5, 5.41) is 18.4. The summed E-state index contributed by atoms with van der Waals surface area (Å²) in [6, 6.07) is 8.19. The molecule has 3 aromatic heterocycles. The highest BCUT2D eigenvalue weighted by atomic mass is 35.5. The Labute approximate surface area is 269 Å².